The zero-order valence-corrected chi connectivity index (χ0v) is 11.3. The largest absolute Gasteiger partial charge is 0.496 e. The van der Waals surface area contributed by atoms with E-state index in [4.69, 9.17) is 4.74 Å². The van der Waals surface area contributed by atoms with Gasteiger partial charge in [-0.05, 0) is 32.9 Å². The van der Waals surface area contributed by atoms with Crippen LogP contribution in [0.5, 0.6) is 5.75 Å². The SMILES string of the molecule is C=C(CC)CC(NC)c1cc(C)ccc1OC. The second-order valence-electron chi connectivity index (χ2n) is 4.39. The van der Waals surface area contributed by atoms with E-state index in [9.17, 15) is 0 Å². The molecule has 0 aliphatic rings. The molecule has 0 aliphatic carbocycles. The van der Waals surface area contributed by atoms with Crippen molar-refractivity contribution in [1.29, 1.82) is 0 Å². The van der Waals surface area contributed by atoms with Crippen LogP contribution in [0.25, 0.3) is 0 Å². The van der Waals surface area contributed by atoms with Gasteiger partial charge >= 0.3 is 0 Å². The molecule has 0 aliphatic heterocycles. The van der Waals surface area contributed by atoms with Gasteiger partial charge in [0, 0.05) is 11.6 Å². The van der Waals surface area contributed by atoms with E-state index in [0.29, 0.717) is 0 Å². The molecule has 2 heteroatoms. The highest BCUT2D eigenvalue weighted by atomic mass is 16.5. The third-order valence-corrected chi connectivity index (χ3v) is 3.10. The number of rotatable bonds is 6. The molecule has 1 rings (SSSR count). The third kappa shape index (κ3) is 3.60. The van der Waals surface area contributed by atoms with Gasteiger partial charge < -0.3 is 10.1 Å². The van der Waals surface area contributed by atoms with Gasteiger partial charge in [-0.2, -0.15) is 0 Å². The van der Waals surface area contributed by atoms with E-state index in [2.05, 4.69) is 37.9 Å². The smallest absolute Gasteiger partial charge is 0.123 e. The van der Waals surface area contributed by atoms with Gasteiger partial charge in [-0.3, -0.25) is 0 Å². The third-order valence-electron chi connectivity index (χ3n) is 3.10. The summed E-state index contributed by atoms with van der Waals surface area (Å²) in [5.41, 5.74) is 3.72. The number of aryl methyl sites for hydroxylation is 1. The zero-order valence-electron chi connectivity index (χ0n) is 11.3. The van der Waals surface area contributed by atoms with Crippen molar-refractivity contribution in [2.75, 3.05) is 14.2 Å². The summed E-state index contributed by atoms with van der Waals surface area (Å²) >= 11 is 0. The molecule has 0 radical (unpaired) electrons. The molecular formula is C15H23NO. The first-order valence-electron chi connectivity index (χ1n) is 6.10. The van der Waals surface area contributed by atoms with Crippen LogP contribution < -0.4 is 10.1 Å². The van der Waals surface area contributed by atoms with E-state index < -0.39 is 0 Å². The molecule has 0 bridgehead atoms. The minimum Gasteiger partial charge on any atom is -0.496 e. The Hall–Kier alpha value is -1.28. The van der Waals surface area contributed by atoms with E-state index in [0.717, 1.165) is 18.6 Å². The molecule has 1 unspecified atom stereocenters. The number of ether oxygens (including phenoxy) is 1. The predicted molar refractivity (Wildman–Crippen MR) is 73.6 cm³/mol. The van der Waals surface area contributed by atoms with Crippen molar-refractivity contribution < 1.29 is 4.74 Å². The Labute approximate surface area is 105 Å². The van der Waals surface area contributed by atoms with Crippen molar-refractivity contribution in [2.45, 2.75) is 32.7 Å². The number of methoxy groups -OCH3 is 1. The number of nitrogens with one attached hydrogen (secondary N) is 1. The summed E-state index contributed by atoms with van der Waals surface area (Å²) in [7, 11) is 3.70. The maximum Gasteiger partial charge on any atom is 0.123 e. The van der Waals surface area contributed by atoms with E-state index in [-0.39, 0.29) is 6.04 Å². The molecule has 0 heterocycles. The Morgan fingerprint density at radius 3 is 2.71 bits per heavy atom. The summed E-state index contributed by atoms with van der Waals surface area (Å²) < 4.78 is 5.43. The lowest BCUT2D eigenvalue weighted by Gasteiger charge is -2.20. The number of benzene rings is 1. The van der Waals surface area contributed by atoms with Crippen molar-refractivity contribution in [3.63, 3.8) is 0 Å². The summed E-state index contributed by atoms with van der Waals surface area (Å²) in [5, 5.41) is 3.34. The van der Waals surface area contributed by atoms with Crippen LogP contribution in [0.15, 0.2) is 30.4 Å². The van der Waals surface area contributed by atoms with Crippen LogP contribution in [-0.4, -0.2) is 14.2 Å². The Kier molecular flexibility index (Phi) is 5.23. The van der Waals surface area contributed by atoms with E-state index in [1.807, 2.05) is 13.1 Å². The highest BCUT2D eigenvalue weighted by Gasteiger charge is 2.15. The van der Waals surface area contributed by atoms with Gasteiger partial charge in [0.2, 0.25) is 0 Å². The molecule has 0 fully saturated rings. The van der Waals surface area contributed by atoms with E-state index in [1.54, 1.807) is 7.11 Å². The zero-order chi connectivity index (χ0) is 12.8. The van der Waals surface area contributed by atoms with Crippen LogP contribution in [0.1, 0.15) is 36.9 Å². The van der Waals surface area contributed by atoms with E-state index in [1.165, 1.54) is 16.7 Å². The predicted octanol–water partition coefficient (Wildman–Crippen LogP) is 3.62. The van der Waals surface area contributed by atoms with Crippen LogP contribution in [0.4, 0.5) is 0 Å². The summed E-state index contributed by atoms with van der Waals surface area (Å²) in [4.78, 5) is 0. The molecule has 0 saturated heterocycles. The molecular weight excluding hydrogens is 210 g/mol. The topological polar surface area (TPSA) is 21.3 Å². The lowest BCUT2D eigenvalue weighted by Crippen LogP contribution is -2.17. The van der Waals surface area contributed by atoms with Crippen LogP contribution >= 0.6 is 0 Å². The molecule has 0 amide bonds. The van der Waals surface area contributed by atoms with Gasteiger partial charge in [-0.1, -0.05) is 36.8 Å². The maximum absolute atomic E-state index is 5.43. The minimum atomic E-state index is 0.275. The van der Waals surface area contributed by atoms with Gasteiger partial charge in [0.15, 0.2) is 0 Å². The maximum atomic E-state index is 5.43. The number of hydrogen-bond acceptors (Lipinski definition) is 2. The summed E-state index contributed by atoms with van der Waals surface area (Å²) in [6, 6.07) is 6.56. The molecule has 1 aromatic carbocycles. The Balaban J connectivity index is 3.01. The normalized spacial score (nSPS) is 12.2. The molecule has 0 aromatic heterocycles. The average Bonchev–Trinajstić information content (AvgIpc) is 2.35. The van der Waals surface area contributed by atoms with Gasteiger partial charge in [-0.15, -0.1) is 0 Å². The lowest BCUT2D eigenvalue weighted by molar-refractivity contribution is 0.400. The molecule has 2 nitrogen and oxygen atoms in total. The van der Waals surface area contributed by atoms with Crippen LogP contribution in [-0.2, 0) is 0 Å². The fourth-order valence-corrected chi connectivity index (χ4v) is 1.93. The molecule has 0 spiro atoms. The van der Waals surface area contributed by atoms with Gasteiger partial charge in [-0.25, -0.2) is 0 Å². The molecule has 17 heavy (non-hydrogen) atoms. The van der Waals surface area contributed by atoms with Crippen LogP contribution in [0, 0.1) is 6.92 Å². The molecule has 1 atom stereocenters. The monoisotopic (exact) mass is 233 g/mol. The molecule has 1 N–H and O–H groups in total. The van der Waals surface area contributed by atoms with Gasteiger partial charge in [0.05, 0.1) is 7.11 Å². The second-order valence-corrected chi connectivity index (χ2v) is 4.39. The Morgan fingerprint density at radius 1 is 1.47 bits per heavy atom. The van der Waals surface area contributed by atoms with Crippen molar-refractivity contribution in [3.05, 3.63) is 41.5 Å². The molecule has 1 aromatic rings. The summed E-state index contributed by atoms with van der Waals surface area (Å²) in [5.74, 6) is 0.943. The fourth-order valence-electron chi connectivity index (χ4n) is 1.93. The van der Waals surface area contributed by atoms with Crippen molar-refractivity contribution in [3.8, 4) is 5.75 Å². The highest BCUT2D eigenvalue weighted by molar-refractivity contribution is 5.39. The minimum absolute atomic E-state index is 0.275. The molecule has 0 saturated carbocycles. The van der Waals surface area contributed by atoms with Crippen LogP contribution in [0.3, 0.4) is 0 Å². The van der Waals surface area contributed by atoms with Gasteiger partial charge in [0.25, 0.3) is 0 Å². The lowest BCUT2D eigenvalue weighted by atomic mass is 9.96. The average molecular weight is 233 g/mol. The summed E-state index contributed by atoms with van der Waals surface area (Å²) in [6.45, 7) is 8.33. The second kappa shape index (κ2) is 6.45. The van der Waals surface area contributed by atoms with Crippen molar-refractivity contribution >= 4 is 0 Å². The number of hydrogen-bond donors (Lipinski definition) is 1. The Morgan fingerprint density at radius 2 is 2.18 bits per heavy atom. The van der Waals surface area contributed by atoms with Gasteiger partial charge in [0.1, 0.15) is 5.75 Å². The fraction of sp³-hybridized carbons (Fsp3) is 0.467. The van der Waals surface area contributed by atoms with E-state index >= 15 is 0 Å². The molecule has 94 valence electrons. The first-order valence-corrected chi connectivity index (χ1v) is 6.10. The Bertz CT molecular complexity index is 385. The van der Waals surface area contributed by atoms with Crippen LogP contribution in [0.2, 0.25) is 0 Å². The standard InChI is InChI=1S/C15H23NO/c1-6-11(2)10-14(16-4)13-9-12(3)7-8-15(13)17-5/h7-9,14,16H,2,6,10H2,1,3-5H3. The first-order chi connectivity index (χ1) is 8.12. The van der Waals surface area contributed by atoms with Crippen molar-refractivity contribution in [1.82, 2.24) is 5.32 Å². The highest BCUT2D eigenvalue weighted by Crippen LogP contribution is 2.30. The van der Waals surface area contributed by atoms with Crippen molar-refractivity contribution in [2.24, 2.45) is 0 Å². The summed E-state index contributed by atoms with van der Waals surface area (Å²) in [6.07, 6.45) is 1.97. The quantitative estimate of drug-likeness (QED) is 0.758. The first kappa shape index (κ1) is 13.8.